The van der Waals surface area contributed by atoms with Crippen LogP contribution in [0.1, 0.15) is 43.5 Å². The summed E-state index contributed by atoms with van der Waals surface area (Å²) in [7, 11) is 1.67. The molecule has 1 aromatic heterocycles. The van der Waals surface area contributed by atoms with E-state index in [4.69, 9.17) is 27.9 Å². The summed E-state index contributed by atoms with van der Waals surface area (Å²) in [4.78, 5) is 4.53. The SMILES string of the molecule is COc1cc(N2CCCC2)ccc1Nc1cc2c(nn1)CCCN2[C@H](C)c1c(Cl)ccc(F)c1Cl. The molecule has 1 fully saturated rings. The lowest BCUT2D eigenvalue weighted by Gasteiger charge is -2.36. The standard InChI is InChI=1S/C26H28Cl2FN5O/c1-16(25-18(27)8-9-19(29)26(25)28)34-13-5-6-20-22(34)15-24(32-31-20)30-21-10-7-17(14-23(21)35-2)33-11-3-4-12-33/h7-10,14-16H,3-6,11-13H2,1-2H3,(H,30,32)/t16-/m1/s1. The molecule has 9 heteroatoms. The van der Waals surface area contributed by atoms with Crippen molar-refractivity contribution in [3.05, 3.63) is 63.5 Å². The molecule has 1 saturated heterocycles. The van der Waals surface area contributed by atoms with Crippen molar-refractivity contribution in [2.75, 3.05) is 41.9 Å². The highest BCUT2D eigenvalue weighted by atomic mass is 35.5. The van der Waals surface area contributed by atoms with Gasteiger partial charge in [0.15, 0.2) is 5.82 Å². The van der Waals surface area contributed by atoms with E-state index in [2.05, 4.69) is 37.4 Å². The lowest BCUT2D eigenvalue weighted by atomic mass is 10.0. The molecule has 0 saturated carbocycles. The number of anilines is 4. The average Bonchev–Trinajstić information content (AvgIpc) is 3.41. The van der Waals surface area contributed by atoms with Gasteiger partial charge in [-0.25, -0.2) is 4.39 Å². The van der Waals surface area contributed by atoms with E-state index in [0.29, 0.717) is 16.4 Å². The number of rotatable bonds is 6. The highest BCUT2D eigenvalue weighted by Gasteiger charge is 2.28. The number of methoxy groups -OCH3 is 1. The molecule has 1 atom stereocenters. The largest absolute Gasteiger partial charge is 0.494 e. The van der Waals surface area contributed by atoms with Crippen LogP contribution >= 0.6 is 23.2 Å². The first kappa shape index (κ1) is 23.9. The van der Waals surface area contributed by atoms with Gasteiger partial charge in [-0.05, 0) is 56.9 Å². The fourth-order valence-corrected chi connectivity index (χ4v) is 5.70. The molecule has 0 aliphatic carbocycles. The first-order valence-electron chi connectivity index (χ1n) is 11.9. The lowest BCUT2D eigenvalue weighted by Crippen LogP contribution is -2.33. The first-order valence-corrected chi connectivity index (χ1v) is 12.7. The molecule has 2 aromatic carbocycles. The van der Waals surface area contributed by atoms with Crippen molar-refractivity contribution in [3.8, 4) is 5.75 Å². The van der Waals surface area contributed by atoms with E-state index in [1.165, 1.54) is 18.9 Å². The maximum absolute atomic E-state index is 14.2. The number of ether oxygens (including phenoxy) is 1. The van der Waals surface area contributed by atoms with E-state index in [-0.39, 0.29) is 11.1 Å². The Hall–Kier alpha value is -2.77. The summed E-state index contributed by atoms with van der Waals surface area (Å²) in [5.41, 5.74) is 4.38. The van der Waals surface area contributed by atoms with Crippen LogP contribution in [-0.4, -0.2) is 36.9 Å². The maximum Gasteiger partial charge on any atom is 0.155 e. The van der Waals surface area contributed by atoms with Crippen molar-refractivity contribution in [3.63, 3.8) is 0 Å². The number of aromatic nitrogens is 2. The molecule has 0 radical (unpaired) electrons. The van der Waals surface area contributed by atoms with Gasteiger partial charge in [-0.3, -0.25) is 0 Å². The monoisotopic (exact) mass is 515 g/mol. The minimum absolute atomic E-state index is 0.0558. The van der Waals surface area contributed by atoms with Crippen LogP contribution < -0.4 is 19.9 Å². The van der Waals surface area contributed by atoms with Gasteiger partial charge in [-0.2, -0.15) is 5.10 Å². The summed E-state index contributed by atoms with van der Waals surface area (Å²) in [5.74, 6) is 0.874. The van der Waals surface area contributed by atoms with Crippen LogP contribution in [0.5, 0.6) is 5.75 Å². The van der Waals surface area contributed by atoms with Crippen molar-refractivity contribution in [1.82, 2.24) is 10.2 Å². The molecule has 2 aliphatic rings. The highest BCUT2D eigenvalue weighted by molar-refractivity contribution is 6.36. The molecule has 0 unspecified atom stereocenters. The second-order valence-corrected chi connectivity index (χ2v) is 9.78. The van der Waals surface area contributed by atoms with E-state index in [0.717, 1.165) is 61.0 Å². The van der Waals surface area contributed by atoms with Crippen molar-refractivity contribution in [2.24, 2.45) is 0 Å². The summed E-state index contributed by atoms with van der Waals surface area (Å²) in [5, 5.41) is 12.8. The summed E-state index contributed by atoms with van der Waals surface area (Å²) < 4.78 is 19.9. The number of nitrogens with one attached hydrogen (secondary N) is 1. The van der Waals surface area contributed by atoms with Crippen LogP contribution in [0.4, 0.5) is 27.3 Å². The molecule has 35 heavy (non-hydrogen) atoms. The minimum Gasteiger partial charge on any atom is -0.494 e. The third-order valence-corrected chi connectivity index (χ3v) is 7.57. The second-order valence-electron chi connectivity index (χ2n) is 9.00. The number of halogens is 3. The predicted molar refractivity (Wildman–Crippen MR) is 140 cm³/mol. The molecule has 0 bridgehead atoms. The summed E-state index contributed by atoms with van der Waals surface area (Å²) in [6.45, 7) is 4.89. The molecule has 6 nitrogen and oxygen atoms in total. The molecule has 0 amide bonds. The average molecular weight is 516 g/mol. The molecule has 184 valence electrons. The zero-order chi connectivity index (χ0) is 24.5. The zero-order valence-corrected chi connectivity index (χ0v) is 21.3. The molecule has 2 aliphatic heterocycles. The van der Waals surface area contributed by atoms with E-state index >= 15 is 0 Å². The van der Waals surface area contributed by atoms with Gasteiger partial charge < -0.3 is 19.9 Å². The number of hydrogen-bond donors (Lipinski definition) is 1. The normalized spacial score (nSPS) is 16.3. The minimum atomic E-state index is -0.477. The van der Waals surface area contributed by atoms with Crippen LogP contribution in [0.15, 0.2) is 36.4 Å². The third kappa shape index (κ3) is 4.71. The number of aryl methyl sites for hydroxylation is 1. The lowest BCUT2D eigenvalue weighted by molar-refractivity contribution is 0.417. The fourth-order valence-electron chi connectivity index (χ4n) is 5.01. The number of hydrogen-bond acceptors (Lipinski definition) is 6. The van der Waals surface area contributed by atoms with Gasteiger partial charge in [0.1, 0.15) is 11.6 Å². The van der Waals surface area contributed by atoms with Crippen LogP contribution in [-0.2, 0) is 6.42 Å². The van der Waals surface area contributed by atoms with E-state index in [1.807, 2.05) is 19.1 Å². The third-order valence-electron chi connectivity index (χ3n) is 6.85. The topological polar surface area (TPSA) is 53.5 Å². The molecule has 0 spiro atoms. The predicted octanol–water partition coefficient (Wildman–Crippen LogP) is 6.79. The van der Waals surface area contributed by atoms with Crippen molar-refractivity contribution in [1.29, 1.82) is 0 Å². The smallest absolute Gasteiger partial charge is 0.155 e. The van der Waals surface area contributed by atoms with E-state index < -0.39 is 5.82 Å². The van der Waals surface area contributed by atoms with E-state index in [9.17, 15) is 4.39 Å². The summed E-state index contributed by atoms with van der Waals surface area (Å²) in [6, 6.07) is 10.8. The summed E-state index contributed by atoms with van der Waals surface area (Å²) >= 11 is 12.8. The summed E-state index contributed by atoms with van der Waals surface area (Å²) in [6.07, 6.45) is 4.17. The number of nitrogens with zero attached hydrogens (tertiary/aromatic N) is 4. The Morgan fingerprint density at radius 3 is 2.60 bits per heavy atom. The fraction of sp³-hybridized carbons (Fsp3) is 0.385. The van der Waals surface area contributed by atoms with Gasteiger partial charge >= 0.3 is 0 Å². The Bertz CT molecular complexity index is 1230. The van der Waals surface area contributed by atoms with Crippen LogP contribution in [0.3, 0.4) is 0 Å². The second kappa shape index (κ2) is 10.1. The van der Waals surface area contributed by atoms with Crippen LogP contribution in [0, 0.1) is 5.82 Å². The maximum atomic E-state index is 14.2. The highest BCUT2D eigenvalue weighted by Crippen LogP contribution is 2.41. The van der Waals surface area contributed by atoms with Crippen LogP contribution in [0.2, 0.25) is 10.0 Å². The van der Waals surface area contributed by atoms with E-state index in [1.54, 1.807) is 13.2 Å². The van der Waals surface area contributed by atoms with Gasteiger partial charge in [0.25, 0.3) is 0 Å². The van der Waals surface area contributed by atoms with Crippen LogP contribution in [0.25, 0.3) is 0 Å². The Morgan fingerprint density at radius 2 is 1.83 bits per heavy atom. The molecule has 3 heterocycles. The molecular formula is C26H28Cl2FN5O. The molecular weight excluding hydrogens is 488 g/mol. The van der Waals surface area contributed by atoms with Gasteiger partial charge in [0, 0.05) is 48.0 Å². The van der Waals surface area contributed by atoms with Gasteiger partial charge in [0.2, 0.25) is 0 Å². The van der Waals surface area contributed by atoms with Gasteiger partial charge in [-0.15, -0.1) is 5.10 Å². The molecule has 1 N–H and O–H groups in total. The zero-order valence-electron chi connectivity index (χ0n) is 19.8. The first-order chi connectivity index (χ1) is 17.0. The van der Waals surface area contributed by atoms with Crippen molar-refractivity contribution in [2.45, 2.75) is 38.6 Å². The Balaban J connectivity index is 1.44. The number of benzene rings is 2. The Kier molecular flexibility index (Phi) is 6.89. The molecule has 5 rings (SSSR count). The quantitative estimate of drug-likeness (QED) is 0.364. The van der Waals surface area contributed by atoms with Gasteiger partial charge in [-0.1, -0.05) is 23.2 Å². The Labute approximate surface area is 215 Å². The van der Waals surface area contributed by atoms with Crippen molar-refractivity contribution < 1.29 is 9.13 Å². The van der Waals surface area contributed by atoms with Crippen molar-refractivity contribution >= 4 is 46.1 Å². The van der Waals surface area contributed by atoms with Gasteiger partial charge in [0.05, 0.1) is 35.2 Å². The Morgan fingerprint density at radius 1 is 1.03 bits per heavy atom. The molecule has 3 aromatic rings. The number of fused-ring (bicyclic) bond motifs is 1.